The Balaban J connectivity index is 1.75. The third kappa shape index (κ3) is 4.63. The van der Waals surface area contributed by atoms with Crippen LogP contribution in [0.3, 0.4) is 0 Å². The number of nitrogens with one attached hydrogen (secondary N) is 1. The van der Waals surface area contributed by atoms with Gasteiger partial charge in [0.1, 0.15) is 10.9 Å². The molecule has 1 aliphatic heterocycles. The van der Waals surface area contributed by atoms with E-state index in [1.807, 2.05) is 0 Å². The van der Waals surface area contributed by atoms with Crippen LogP contribution in [0.4, 0.5) is 13.2 Å². The van der Waals surface area contributed by atoms with Crippen LogP contribution in [-0.4, -0.2) is 48.1 Å². The van der Waals surface area contributed by atoms with E-state index < -0.39 is 39.9 Å². The molecule has 1 aliphatic rings. The molecule has 4 rings (SSSR count). The number of benzene rings is 1. The van der Waals surface area contributed by atoms with Gasteiger partial charge in [-0.1, -0.05) is 25.4 Å². The molecule has 0 radical (unpaired) electrons. The Morgan fingerprint density at radius 1 is 1.21 bits per heavy atom. The van der Waals surface area contributed by atoms with E-state index in [-0.39, 0.29) is 15.7 Å². The molecule has 0 spiro atoms. The van der Waals surface area contributed by atoms with Gasteiger partial charge in [0.15, 0.2) is 15.4 Å². The number of hydrogen-bond acceptors (Lipinski definition) is 5. The van der Waals surface area contributed by atoms with E-state index in [9.17, 15) is 26.7 Å². The highest BCUT2D eigenvalue weighted by Crippen LogP contribution is 2.47. The lowest BCUT2D eigenvalue weighted by Crippen LogP contribution is -2.51. The zero-order valence-electron chi connectivity index (χ0n) is 18.8. The SMILES string of the molecule is CC(C)(CC(O)(Cc1cc2cc(Cl)ncc2[nH]1)C(F)(F)F)c1cc(S(C)(=O)=O)cc2c1OCC2. The zero-order chi connectivity index (χ0) is 25.1. The van der Waals surface area contributed by atoms with Gasteiger partial charge in [-0.3, -0.25) is 0 Å². The van der Waals surface area contributed by atoms with Crippen molar-refractivity contribution in [1.82, 2.24) is 9.97 Å². The summed E-state index contributed by atoms with van der Waals surface area (Å²) in [5.41, 5.74) is -2.78. The van der Waals surface area contributed by atoms with E-state index in [2.05, 4.69) is 9.97 Å². The van der Waals surface area contributed by atoms with Crippen molar-refractivity contribution in [2.75, 3.05) is 12.9 Å². The topological polar surface area (TPSA) is 92.3 Å². The number of alkyl halides is 3. The molecule has 34 heavy (non-hydrogen) atoms. The number of aromatic amines is 1. The van der Waals surface area contributed by atoms with Gasteiger partial charge in [0.2, 0.25) is 0 Å². The van der Waals surface area contributed by atoms with Crippen LogP contribution in [0.1, 0.15) is 37.1 Å². The summed E-state index contributed by atoms with van der Waals surface area (Å²) in [7, 11) is -3.61. The number of aromatic nitrogens is 2. The average molecular weight is 517 g/mol. The second kappa shape index (κ2) is 8.13. The largest absolute Gasteiger partial charge is 0.493 e. The van der Waals surface area contributed by atoms with Crippen LogP contribution in [0.25, 0.3) is 10.9 Å². The maximum absolute atomic E-state index is 14.3. The number of aliphatic hydroxyl groups is 1. The first-order valence-electron chi connectivity index (χ1n) is 10.5. The number of H-pyrrole nitrogens is 1. The number of sulfone groups is 1. The second-order valence-electron chi connectivity index (χ2n) is 9.49. The van der Waals surface area contributed by atoms with E-state index in [0.717, 1.165) is 6.26 Å². The van der Waals surface area contributed by atoms with Gasteiger partial charge in [-0.05, 0) is 41.7 Å². The summed E-state index contributed by atoms with van der Waals surface area (Å²) in [6.45, 7) is 3.39. The quantitative estimate of drug-likeness (QED) is 0.461. The summed E-state index contributed by atoms with van der Waals surface area (Å²) in [5, 5.41) is 11.8. The molecule has 0 saturated carbocycles. The summed E-state index contributed by atoms with van der Waals surface area (Å²) in [4.78, 5) is 6.78. The van der Waals surface area contributed by atoms with Crippen molar-refractivity contribution in [2.45, 2.75) is 55.2 Å². The van der Waals surface area contributed by atoms with Crippen LogP contribution in [0.2, 0.25) is 5.15 Å². The van der Waals surface area contributed by atoms with E-state index in [1.54, 1.807) is 13.8 Å². The Labute approximate surface area is 200 Å². The average Bonchev–Trinajstić information content (AvgIpc) is 3.30. The van der Waals surface area contributed by atoms with Crippen molar-refractivity contribution in [3.05, 3.63) is 52.4 Å². The number of rotatable bonds is 6. The van der Waals surface area contributed by atoms with Gasteiger partial charge in [0.25, 0.3) is 0 Å². The third-order valence-corrected chi connectivity index (χ3v) is 7.49. The zero-order valence-corrected chi connectivity index (χ0v) is 20.3. The lowest BCUT2D eigenvalue weighted by atomic mass is 9.73. The lowest BCUT2D eigenvalue weighted by molar-refractivity contribution is -0.266. The Morgan fingerprint density at radius 2 is 1.91 bits per heavy atom. The predicted molar refractivity (Wildman–Crippen MR) is 122 cm³/mol. The summed E-state index contributed by atoms with van der Waals surface area (Å²) in [6.07, 6.45) is -3.51. The van der Waals surface area contributed by atoms with Gasteiger partial charge in [-0.15, -0.1) is 0 Å². The van der Waals surface area contributed by atoms with Gasteiger partial charge >= 0.3 is 6.18 Å². The predicted octanol–water partition coefficient (Wildman–Crippen LogP) is 4.76. The fraction of sp³-hybridized carbons (Fsp3) is 0.435. The van der Waals surface area contributed by atoms with E-state index in [0.29, 0.717) is 40.8 Å². The van der Waals surface area contributed by atoms with E-state index >= 15 is 0 Å². The summed E-state index contributed by atoms with van der Waals surface area (Å²) in [6, 6.07) is 5.87. The summed E-state index contributed by atoms with van der Waals surface area (Å²) in [5.74, 6) is 0.383. The molecule has 3 aromatic rings. The normalized spacial score (nSPS) is 16.4. The van der Waals surface area contributed by atoms with Crippen molar-refractivity contribution < 1.29 is 31.4 Å². The molecule has 0 saturated heterocycles. The molecule has 0 bridgehead atoms. The third-order valence-electron chi connectivity index (χ3n) is 6.19. The molecule has 0 aliphatic carbocycles. The van der Waals surface area contributed by atoms with Crippen LogP contribution in [0.15, 0.2) is 35.4 Å². The molecule has 11 heteroatoms. The molecule has 0 amide bonds. The molecule has 2 N–H and O–H groups in total. The standard InChI is InChI=1S/C23H24ClF3N2O4S/c1-21(2,17-9-16(34(3,31)32)7-13-4-5-33-20(13)17)12-22(30,23(25,26)27)10-15-6-14-8-19(24)28-11-18(14)29-15/h6-9,11,29-30H,4-5,10,12H2,1-3H3. The molecule has 1 atom stereocenters. The van der Waals surface area contributed by atoms with Gasteiger partial charge < -0.3 is 14.8 Å². The van der Waals surface area contributed by atoms with Gasteiger partial charge in [0.05, 0.1) is 23.2 Å². The maximum atomic E-state index is 14.3. The first kappa shape index (κ1) is 24.8. The van der Waals surface area contributed by atoms with E-state index in [4.69, 9.17) is 16.3 Å². The molecular formula is C23H24ClF3N2O4S. The fourth-order valence-electron chi connectivity index (χ4n) is 4.56. The van der Waals surface area contributed by atoms with Crippen LogP contribution in [-0.2, 0) is 28.1 Å². The van der Waals surface area contributed by atoms with Crippen molar-refractivity contribution in [3.8, 4) is 5.75 Å². The number of hydrogen-bond donors (Lipinski definition) is 2. The summed E-state index contributed by atoms with van der Waals surface area (Å²) >= 11 is 5.87. The minimum absolute atomic E-state index is 0.00960. The number of fused-ring (bicyclic) bond motifs is 2. The Hall–Kier alpha value is -2.30. The van der Waals surface area contributed by atoms with Crippen LogP contribution in [0, 0.1) is 0 Å². The van der Waals surface area contributed by atoms with Gasteiger partial charge in [-0.25, -0.2) is 13.4 Å². The minimum atomic E-state index is -4.96. The Morgan fingerprint density at radius 3 is 2.56 bits per heavy atom. The molecule has 1 unspecified atom stereocenters. The monoisotopic (exact) mass is 516 g/mol. The molecule has 2 aromatic heterocycles. The Kier molecular flexibility index (Phi) is 5.94. The molecule has 6 nitrogen and oxygen atoms in total. The highest BCUT2D eigenvalue weighted by Gasteiger charge is 2.56. The fourth-order valence-corrected chi connectivity index (χ4v) is 5.41. The van der Waals surface area contributed by atoms with Crippen molar-refractivity contribution >= 4 is 32.3 Å². The Bertz CT molecular complexity index is 1370. The first-order chi connectivity index (χ1) is 15.6. The first-order valence-corrected chi connectivity index (χ1v) is 12.8. The van der Waals surface area contributed by atoms with Gasteiger partial charge in [0, 0.05) is 35.7 Å². The van der Waals surface area contributed by atoms with Crippen LogP contribution >= 0.6 is 11.6 Å². The lowest BCUT2D eigenvalue weighted by Gasteiger charge is -2.38. The molecule has 3 heterocycles. The second-order valence-corrected chi connectivity index (χ2v) is 11.9. The van der Waals surface area contributed by atoms with Crippen molar-refractivity contribution in [2.24, 2.45) is 0 Å². The highest BCUT2D eigenvalue weighted by atomic mass is 35.5. The molecule has 184 valence electrons. The highest BCUT2D eigenvalue weighted by molar-refractivity contribution is 7.90. The minimum Gasteiger partial charge on any atom is -0.493 e. The van der Waals surface area contributed by atoms with E-state index in [1.165, 1.54) is 30.5 Å². The number of ether oxygens (including phenoxy) is 1. The maximum Gasteiger partial charge on any atom is 0.417 e. The number of pyridine rings is 1. The molecule has 1 aromatic carbocycles. The van der Waals surface area contributed by atoms with Crippen molar-refractivity contribution in [1.29, 1.82) is 0 Å². The number of halogens is 4. The summed E-state index contributed by atoms with van der Waals surface area (Å²) < 4.78 is 72.9. The number of nitrogens with zero attached hydrogens (tertiary/aromatic N) is 1. The molecule has 0 fully saturated rings. The van der Waals surface area contributed by atoms with Crippen LogP contribution < -0.4 is 4.74 Å². The van der Waals surface area contributed by atoms with Crippen molar-refractivity contribution in [3.63, 3.8) is 0 Å². The van der Waals surface area contributed by atoms with Gasteiger partial charge in [-0.2, -0.15) is 13.2 Å². The van der Waals surface area contributed by atoms with Crippen LogP contribution in [0.5, 0.6) is 5.75 Å². The molecular weight excluding hydrogens is 493 g/mol. The smallest absolute Gasteiger partial charge is 0.417 e.